The molecule has 0 bridgehead atoms. The summed E-state index contributed by atoms with van der Waals surface area (Å²) in [5.41, 5.74) is 0.881. The lowest BCUT2D eigenvalue weighted by Gasteiger charge is -2.25. The number of hydrogen-bond acceptors (Lipinski definition) is 4. The zero-order valence-corrected chi connectivity index (χ0v) is 12.4. The van der Waals surface area contributed by atoms with Gasteiger partial charge in [-0.05, 0) is 31.5 Å². The highest BCUT2D eigenvalue weighted by Gasteiger charge is 2.20. The minimum Gasteiger partial charge on any atom is -0.497 e. The second-order valence-electron chi connectivity index (χ2n) is 4.72. The predicted octanol–water partition coefficient (Wildman–Crippen LogP) is 1.65. The molecule has 0 unspecified atom stereocenters. The first-order valence-electron chi connectivity index (χ1n) is 6.47. The molecular weight excluding hydrogens is 258 g/mol. The molecule has 0 saturated carbocycles. The third kappa shape index (κ3) is 4.57. The lowest BCUT2D eigenvalue weighted by atomic mass is 10.1. The van der Waals surface area contributed by atoms with Crippen LogP contribution in [0.3, 0.4) is 0 Å². The van der Waals surface area contributed by atoms with Crippen molar-refractivity contribution in [2.45, 2.75) is 26.3 Å². The molecule has 1 amide bonds. The van der Waals surface area contributed by atoms with Crippen LogP contribution in [-0.4, -0.2) is 43.6 Å². The quantitative estimate of drug-likeness (QED) is 0.743. The van der Waals surface area contributed by atoms with E-state index in [0.717, 1.165) is 11.3 Å². The van der Waals surface area contributed by atoms with E-state index in [1.807, 2.05) is 38.1 Å². The van der Waals surface area contributed by atoms with Gasteiger partial charge >= 0.3 is 5.97 Å². The van der Waals surface area contributed by atoms with Crippen LogP contribution in [0.2, 0.25) is 0 Å². The van der Waals surface area contributed by atoms with Gasteiger partial charge in [0.25, 0.3) is 0 Å². The Morgan fingerprint density at radius 2 is 1.75 bits per heavy atom. The number of rotatable bonds is 6. The molecule has 110 valence electrons. The minimum absolute atomic E-state index is 0.0246. The van der Waals surface area contributed by atoms with Gasteiger partial charge in [-0.2, -0.15) is 0 Å². The van der Waals surface area contributed by atoms with Gasteiger partial charge < -0.3 is 14.4 Å². The van der Waals surface area contributed by atoms with Crippen molar-refractivity contribution in [3.63, 3.8) is 0 Å². The lowest BCUT2D eigenvalue weighted by Crippen LogP contribution is -2.41. The number of hydrogen-bond donors (Lipinski definition) is 0. The molecular formula is C15H21NO4. The number of ether oxygens (including phenoxy) is 2. The fourth-order valence-electron chi connectivity index (χ4n) is 1.78. The first-order valence-corrected chi connectivity index (χ1v) is 6.47. The molecule has 5 nitrogen and oxygen atoms in total. The molecule has 0 heterocycles. The van der Waals surface area contributed by atoms with Gasteiger partial charge in [0.2, 0.25) is 5.91 Å². The van der Waals surface area contributed by atoms with Gasteiger partial charge in [-0.15, -0.1) is 0 Å². The molecule has 1 aromatic rings. The average Bonchev–Trinajstić information content (AvgIpc) is 2.44. The summed E-state index contributed by atoms with van der Waals surface area (Å²) in [6.45, 7) is 3.72. The zero-order valence-electron chi connectivity index (χ0n) is 12.4. The monoisotopic (exact) mass is 279 g/mol. The highest BCUT2D eigenvalue weighted by molar-refractivity contribution is 5.83. The fourth-order valence-corrected chi connectivity index (χ4v) is 1.78. The van der Waals surface area contributed by atoms with E-state index in [0.29, 0.717) is 0 Å². The summed E-state index contributed by atoms with van der Waals surface area (Å²) in [6.07, 6.45) is 0.249. The Morgan fingerprint density at radius 3 is 2.20 bits per heavy atom. The molecule has 0 spiro atoms. The average molecular weight is 279 g/mol. The third-order valence-electron chi connectivity index (χ3n) is 2.99. The summed E-state index contributed by atoms with van der Waals surface area (Å²) < 4.78 is 9.68. The standard InChI is InChI=1S/C15H21NO4/c1-11(2)16(10-15(18)20-4)14(17)9-12-5-7-13(19-3)8-6-12/h5-8,11H,9-10H2,1-4H3. The van der Waals surface area contributed by atoms with Gasteiger partial charge in [0.1, 0.15) is 12.3 Å². The predicted molar refractivity (Wildman–Crippen MR) is 75.6 cm³/mol. The van der Waals surface area contributed by atoms with Gasteiger partial charge in [0.15, 0.2) is 0 Å². The van der Waals surface area contributed by atoms with Crippen LogP contribution >= 0.6 is 0 Å². The Bertz CT molecular complexity index is 453. The summed E-state index contributed by atoms with van der Waals surface area (Å²) in [7, 11) is 2.91. The highest BCUT2D eigenvalue weighted by atomic mass is 16.5. The van der Waals surface area contributed by atoms with Crippen LogP contribution in [0.5, 0.6) is 5.75 Å². The number of esters is 1. The van der Waals surface area contributed by atoms with Crippen LogP contribution in [-0.2, 0) is 20.7 Å². The Labute approximate surface area is 119 Å². The van der Waals surface area contributed by atoms with Crippen LogP contribution in [0.4, 0.5) is 0 Å². The lowest BCUT2D eigenvalue weighted by molar-refractivity contribution is -0.148. The van der Waals surface area contributed by atoms with Crippen LogP contribution in [0.15, 0.2) is 24.3 Å². The summed E-state index contributed by atoms with van der Waals surface area (Å²) in [4.78, 5) is 25.1. The molecule has 5 heteroatoms. The zero-order chi connectivity index (χ0) is 15.1. The van der Waals surface area contributed by atoms with Crippen LogP contribution in [0, 0.1) is 0 Å². The van der Waals surface area contributed by atoms with E-state index < -0.39 is 5.97 Å². The summed E-state index contributed by atoms with van der Waals surface area (Å²) in [5.74, 6) is 0.230. The van der Waals surface area contributed by atoms with E-state index in [1.54, 1.807) is 7.11 Å². The van der Waals surface area contributed by atoms with E-state index >= 15 is 0 Å². The maximum atomic E-state index is 12.2. The SMILES string of the molecule is COC(=O)CN(C(=O)Cc1ccc(OC)cc1)C(C)C. The molecule has 0 saturated heterocycles. The summed E-state index contributed by atoms with van der Waals surface area (Å²) in [6, 6.07) is 7.24. The molecule has 0 N–H and O–H groups in total. The normalized spacial score (nSPS) is 10.2. The van der Waals surface area contributed by atoms with Crippen molar-refractivity contribution in [3.05, 3.63) is 29.8 Å². The first kappa shape index (κ1) is 16.0. The van der Waals surface area contributed by atoms with Crippen molar-refractivity contribution >= 4 is 11.9 Å². The Morgan fingerprint density at radius 1 is 1.15 bits per heavy atom. The van der Waals surface area contributed by atoms with Crippen molar-refractivity contribution in [2.75, 3.05) is 20.8 Å². The van der Waals surface area contributed by atoms with Crippen molar-refractivity contribution in [3.8, 4) is 5.75 Å². The minimum atomic E-state index is -0.415. The van der Waals surface area contributed by atoms with Crippen LogP contribution in [0.25, 0.3) is 0 Å². The number of carbonyl (C=O) groups excluding carboxylic acids is 2. The second-order valence-corrected chi connectivity index (χ2v) is 4.72. The molecule has 1 rings (SSSR count). The van der Waals surface area contributed by atoms with E-state index in [9.17, 15) is 9.59 Å². The molecule has 0 fully saturated rings. The summed E-state index contributed by atoms with van der Waals surface area (Å²) in [5, 5.41) is 0. The van der Waals surface area contributed by atoms with E-state index in [-0.39, 0.29) is 24.9 Å². The fraction of sp³-hybridized carbons (Fsp3) is 0.467. The number of nitrogens with zero attached hydrogens (tertiary/aromatic N) is 1. The maximum absolute atomic E-state index is 12.2. The Hall–Kier alpha value is -2.04. The smallest absolute Gasteiger partial charge is 0.325 e. The molecule has 0 aliphatic rings. The molecule has 0 atom stereocenters. The third-order valence-corrected chi connectivity index (χ3v) is 2.99. The molecule has 1 aromatic carbocycles. The number of methoxy groups -OCH3 is 2. The molecule has 0 aliphatic heterocycles. The van der Waals surface area contributed by atoms with Gasteiger partial charge in [0, 0.05) is 6.04 Å². The van der Waals surface area contributed by atoms with Crippen LogP contribution in [0.1, 0.15) is 19.4 Å². The molecule has 0 aromatic heterocycles. The second kappa shape index (κ2) is 7.53. The van der Waals surface area contributed by atoms with Crippen LogP contribution < -0.4 is 4.74 Å². The van der Waals surface area contributed by atoms with E-state index in [1.165, 1.54) is 12.0 Å². The molecule has 0 aliphatic carbocycles. The number of carbonyl (C=O) groups is 2. The largest absolute Gasteiger partial charge is 0.497 e. The molecule has 0 radical (unpaired) electrons. The van der Waals surface area contributed by atoms with Gasteiger partial charge in [-0.1, -0.05) is 12.1 Å². The van der Waals surface area contributed by atoms with Gasteiger partial charge in [0.05, 0.1) is 20.6 Å². The van der Waals surface area contributed by atoms with Crippen molar-refractivity contribution in [1.82, 2.24) is 4.90 Å². The first-order chi connectivity index (χ1) is 9.47. The van der Waals surface area contributed by atoms with Crippen molar-refractivity contribution < 1.29 is 19.1 Å². The van der Waals surface area contributed by atoms with E-state index in [2.05, 4.69) is 4.74 Å². The highest BCUT2D eigenvalue weighted by Crippen LogP contribution is 2.13. The molecule has 20 heavy (non-hydrogen) atoms. The summed E-state index contributed by atoms with van der Waals surface area (Å²) >= 11 is 0. The van der Waals surface area contributed by atoms with Gasteiger partial charge in [-0.25, -0.2) is 0 Å². The number of benzene rings is 1. The Kier molecular flexibility index (Phi) is 6.03. The van der Waals surface area contributed by atoms with Crippen molar-refractivity contribution in [1.29, 1.82) is 0 Å². The maximum Gasteiger partial charge on any atom is 0.325 e. The van der Waals surface area contributed by atoms with Crippen molar-refractivity contribution in [2.24, 2.45) is 0 Å². The van der Waals surface area contributed by atoms with Gasteiger partial charge in [-0.3, -0.25) is 9.59 Å². The Balaban J connectivity index is 2.72. The topological polar surface area (TPSA) is 55.8 Å². The van der Waals surface area contributed by atoms with E-state index in [4.69, 9.17) is 4.74 Å². The number of amides is 1.